The number of aryl methyl sites for hydroxylation is 2. The maximum atomic E-state index is 13.0. The highest BCUT2D eigenvalue weighted by atomic mass is 35.5. The number of anilines is 1. The molecule has 1 aliphatic heterocycles. The van der Waals surface area contributed by atoms with E-state index in [9.17, 15) is 4.39 Å². The second-order valence-corrected chi connectivity index (χ2v) is 6.54. The number of benzene rings is 1. The van der Waals surface area contributed by atoms with Gasteiger partial charge in [-0.1, -0.05) is 11.6 Å². The van der Waals surface area contributed by atoms with Gasteiger partial charge in [-0.05, 0) is 43.5 Å². The molecule has 6 heteroatoms. The molecule has 124 valence electrons. The summed E-state index contributed by atoms with van der Waals surface area (Å²) < 4.78 is 14.7. The molecule has 4 nitrogen and oxygen atoms in total. The largest absolute Gasteiger partial charge is 0.371 e. The Morgan fingerprint density at radius 1 is 1.35 bits per heavy atom. The highest BCUT2D eigenvalue weighted by molar-refractivity contribution is 6.30. The highest BCUT2D eigenvalue weighted by Gasteiger charge is 2.22. The molecule has 1 saturated heterocycles. The normalized spacial score (nSPS) is 17.9. The topological polar surface area (TPSA) is 33.1 Å². The first-order chi connectivity index (χ1) is 11.0. The zero-order valence-corrected chi connectivity index (χ0v) is 14.3. The number of hydrogen-bond acceptors (Lipinski definition) is 3. The molecular formula is C17H22ClFN4. The Bertz CT molecular complexity index is 668. The molecular weight excluding hydrogens is 315 g/mol. The lowest BCUT2D eigenvalue weighted by atomic mass is 10.1. The minimum absolute atomic E-state index is 0.185. The van der Waals surface area contributed by atoms with Crippen molar-refractivity contribution in [3.63, 3.8) is 0 Å². The van der Waals surface area contributed by atoms with Gasteiger partial charge in [0.15, 0.2) is 0 Å². The van der Waals surface area contributed by atoms with Crippen LogP contribution in [-0.2, 0) is 13.6 Å². The number of halogens is 2. The van der Waals surface area contributed by atoms with E-state index in [1.165, 1.54) is 12.1 Å². The third-order valence-electron chi connectivity index (χ3n) is 4.48. The van der Waals surface area contributed by atoms with E-state index in [1.54, 1.807) is 4.68 Å². The minimum Gasteiger partial charge on any atom is -0.371 e. The first kappa shape index (κ1) is 16.3. The zero-order chi connectivity index (χ0) is 16.4. The van der Waals surface area contributed by atoms with E-state index in [0.717, 1.165) is 49.5 Å². The van der Waals surface area contributed by atoms with Crippen molar-refractivity contribution >= 4 is 17.3 Å². The van der Waals surface area contributed by atoms with Crippen LogP contribution in [0.5, 0.6) is 0 Å². The molecule has 0 aliphatic carbocycles. The molecule has 23 heavy (non-hydrogen) atoms. The lowest BCUT2D eigenvalue weighted by molar-refractivity contribution is 0.516. The first-order valence-electron chi connectivity index (χ1n) is 7.94. The summed E-state index contributed by atoms with van der Waals surface area (Å²) >= 11 is 6.25. The fraction of sp³-hybridized carbons (Fsp3) is 0.471. The van der Waals surface area contributed by atoms with Crippen molar-refractivity contribution in [2.45, 2.75) is 19.9 Å². The van der Waals surface area contributed by atoms with Gasteiger partial charge in [0.25, 0.3) is 0 Å². The van der Waals surface area contributed by atoms with Crippen molar-refractivity contribution < 1.29 is 4.39 Å². The van der Waals surface area contributed by atoms with E-state index in [2.05, 4.69) is 15.3 Å². The van der Waals surface area contributed by atoms with Crippen molar-refractivity contribution in [1.29, 1.82) is 0 Å². The van der Waals surface area contributed by atoms with Crippen LogP contribution in [0.15, 0.2) is 24.3 Å². The second kappa shape index (κ2) is 6.89. The number of hydrogen-bond donors (Lipinski definition) is 1. The average Bonchev–Trinajstić information content (AvgIpc) is 3.08. The summed E-state index contributed by atoms with van der Waals surface area (Å²) in [7, 11) is 1.86. The third kappa shape index (κ3) is 3.67. The Balaban J connectivity index is 1.49. The molecule has 3 rings (SSSR count). The van der Waals surface area contributed by atoms with Crippen LogP contribution in [0.3, 0.4) is 0 Å². The Labute approximate surface area is 141 Å². The lowest BCUT2D eigenvalue weighted by Crippen LogP contribution is -2.26. The van der Waals surface area contributed by atoms with Crippen LogP contribution in [0.4, 0.5) is 10.1 Å². The Hall–Kier alpha value is -1.59. The van der Waals surface area contributed by atoms with Gasteiger partial charge in [-0.2, -0.15) is 5.10 Å². The quantitative estimate of drug-likeness (QED) is 0.910. The second-order valence-electron chi connectivity index (χ2n) is 6.19. The molecule has 0 amide bonds. The Morgan fingerprint density at radius 3 is 2.74 bits per heavy atom. The van der Waals surface area contributed by atoms with Gasteiger partial charge in [0.2, 0.25) is 0 Å². The molecule has 1 aromatic heterocycles. The predicted molar refractivity (Wildman–Crippen MR) is 91.4 cm³/mol. The summed E-state index contributed by atoms with van der Waals surface area (Å²) in [6.07, 6.45) is 1.14. The van der Waals surface area contributed by atoms with Gasteiger partial charge in [-0.25, -0.2) is 4.39 Å². The number of nitrogens with zero attached hydrogens (tertiary/aromatic N) is 3. The van der Waals surface area contributed by atoms with Crippen molar-refractivity contribution in [3.05, 3.63) is 46.5 Å². The van der Waals surface area contributed by atoms with Gasteiger partial charge in [0, 0.05) is 44.5 Å². The number of nitrogens with one attached hydrogen (secondary N) is 1. The number of aromatic nitrogens is 2. The van der Waals surface area contributed by atoms with Crippen LogP contribution in [-0.4, -0.2) is 29.4 Å². The van der Waals surface area contributed by atoms with E-state index < -0.39 is 0 Å². The molecule has 1 atom stereocenters. The van der Waals surface area contributed by atoms with Gasteiger partial charge >= 0.3 is 0 Å². The third-order valence-corrected chi connectivity index (χ3v) is 4.96. The summed E-state index contributed by atoms with van der Waals surface area (Å²) in [5, 5.41) is 8.52. The molecule has 2 heterocycles. The van der Waals surface area contributed by atoms with Crippen molar-refractivity contribution in [3.8, 4) is 0 Å². The SMILES string of the molecule is Cc1nn(C)c(Cl)c1CNCC1CCN(c2ccc(F)cc2)C1. The molecule has 0 saturated carbocycles. The van der Waals surface area contributed by atoms with Crippen molar-refractivity contribution in [2.75, 3.05) is 24.5 Å². The summed E-state index contributed by atoms with van der Waals surface area (Å²) in [6, 6.07) is 6.75. The first-order valence-corrected chi connectivity index (χ1v) is 8.31. The van der Waals surface area contributed by atoms with Crippen molar-refractivity contribution in [1.82, 2.24) is 15.1 Å². The van der Waals surface area contributed by atoms with E-state index in [-0.39, 0.29) is 5.82 Å². The molecule has 1 aromatic carbocycles. The molecule has 0 radical (unpaired) electrons. The molecule has 1 unspecified atom stereocenters. The summed E-state index contributed by atoms with van der Waals surface area (Å²) in [6.45, 7) is 5.69. The fourth-order valence-electron chi connectivity index (χ4n) is 3.16. The predicted octanol–water partition coefficient (Wildman–Crippen LogP) is 3.14. The highest BCUT2D eigenvalue weighted by Crippen LogP contribution is 2.24. The van der Waals surface area contributed by atoms with Crippen LogP contribution < -0.4 is 10.2 Å². The van der Waals surface area contributed by atoms with Gasteiger partial charge in [0.05, 0.1) is 5.69 Å². The van der Waals surface area contributed by atoms with Crippen LogP contribution in [0.2, 0.25) is 5.15 Å². The maximum absolute atomic E-state index is 13.0. The van der Waals surface area contributed by atoms with Crippen LogP contribution in [0, 0.1) is 18.7 Å². The molecule has 1 aliphatic rings. The Kier molecular flexibility index (Phi) is 4.87. The van der Waals surface area contributed by atoms with Crippen molar-refractivity contribution in [2.24, 2.45) is 13.0 Å². The fourth-order valence-corrected chi connectivity index (χ4v) is 3.40. The van der Waals surface area contributed by atoms with Gasteiger partial charge in [-0.15, -0.1) is 0 Å². The molecule has 0 spiro atoms. The summed E-state index contributed by atoms with van der Waals surface area (Å²) in [5.74, 6) is 0.408. The van der Waals surface area contributed by atoms with Crippen LogP contribution in [0.1, 0.15) is 17.7 Å². The van der Waals surface area contributed by atoms with Crippen LogP contribution in [0.25, 0.3) is 0 Å². The van der Waals surface area contributed by atoms with Gasteiger partial charge < -0.3 is 10.2 Å². The van der Waals surface area contributed by atoms with E-state index in [4.69, 9.17) is 11.6 Å². The van der Waals surface area contributed by atoms with Gasteiger partial charge in [-0.3, -0.25) is 4.68 Å². The summed E-state index contributed by atoms with van der Waals surface area (Å²) in [5.41, 5.74) is 3.15. The lowest BCUT2D eigenvalue weighted by Gasteiger charge is -2.18. The zero-order valence-electron chi connectivity index (χ0n) is 13.5. The molecule has 1 N–H and O–H groups in total. The Morgan fingerprint density at radius 2 is 2.09 bits per heavy atom. The van der Waals surface area contributed by atoms with Gasteiger partial charge in [0.1, 0.15) is 11.0 Å². The minimum atomic E-state index is -0.185. The number of rotatable bonds is 5. The maximum Gasteiger partial charge on any atom is 0.131 e. The standard InChI is InChI=1S/C17H22ClFN4/c1-12-16(17(18)22(2)21-12)10-20-9-13-7-8-23(11-13)15-5-3-14(19)4-6-15/h3-6,13,20H,7-11H2,1-2H3. The smallest absolute Gasteiger partial charge is 0.131 e. The monoisotopic (exact) mass is 336 g/mol. The van der Waals surface area contributed by atoms with Crippen LogP contribution >= 0.6 is 11.6 Å². The molecule has 0 bridgehead atoms. The molecule has 2 aromatic rings. The average molecular weight is 337 g/mol. The van der Waals surface area contributed by atoms with E-state index in [0.29, 0.717) is 11.1 Å². The van der Waals surface area contributed by atoms with E-state index >= 15 is 0 Å². The molecule has 1 fully saturated rings. The van der Waals surface area contributed by atoms with E-state index in [1.807, 2.05) is 26.1 Å². The summed E-state index contributed by atoms with van der Waals surface area (Å²) in [4.78, 5) is 2.31.